The number of nitrogens with zero attached hydrogens (tertiary/aromatic N) is 3. The highest BCUT2D eigenvalue weighted by Crippen LogP contribution is 2.38. The Labute approximate surface area is 225 Å². The fourth-order valence-corrected chi connectivity index (χ4v) is 4.31. The van der Waals surface area contributed by atoms with E-state index in [1.54, 1.807) is 6.07 Å². The first-order valence-electron chi connectivity index (χ1n) is 8.49. The minimum absolute atomic E-state index is 0.00128. The van der Waals surface area contributed by atoms with Crippen molar-refractivity contribution < 1.29 is 13.9 Å². The van der Waals surface area contributed by atoms with E-state index in [1.807, 2.05) is 0 Å². The molecule has 0 bridgehead atoms. The maximum absolute atomic E-state index is 13.9. The van der Waals surface area contributed by atoms with Gasteiger partial charge in [0.05, 0.1) is 29.5 Å². The number of fused-ring (bicyclic) bond motifs is 2. The number of rotatable bonds is 0. The number of nitriles is 2. The number of hydrogen-bond donors (Lipinski definition) is 2. The number of hydrogen-bond acceptors (Lipinski definition) is 5. The van der Waals surface area contributed by atoms with Crippen molar-refractivity contribution in [3.8, 4) is 17.9 Å². The normalized spacial score (nSPS) is 10.5. The maximum atomic E-state index is 13.9. The number of benzene rings is 2. The smallest absolute Gasteiger partial charge is 0.270 e. The van der Waals surface area contributed by atoms with Crippen LogP contribution in [0.4, 0.5) is 8.78 Å². The van der Waals surface area contributed by atoms with Crippen LogP contribution in [0.2, 0.25) is 20.2 Å². The zero-order valence-electron chi connectivity index (χ0n) is 15.9. The maximum Gasteiger partial charge on any atom is 0.270 e. The summed E-state index contributed by atoms with van der Waals surface area (Å²) in [7, 11) is 0. The SMILES string of the molecule is N#Cc1c(Cl)nc2c(F)c(Br)c(Cl)cc2c1Cl.N#Cc1c(O)c2cc(Cl)c(Br)c(F)c2[nH]c1=O. The Kier molecular flexibility index (Phi) is 7.93. The number of halogens is 8. The number of aromatic amines is 1. The van der Waals surface area contributed by atoms with Crippen LogP contribution in [0.3, 0.4) is 0 Å². The molecule has 0 fully saturated rings. The Morgan fingerprint density at radius 3 is 2.03 bits per heavy atom. The predicted molar refractivity (Wildman–Crippen MR) is 133 cm³/mol. The average molecular weight is 672 g/mol. The highest BCUT2D eigenvalue weighted by molar-refractivity contribution is 9.10. The third-order valence-electron chi connectivity index (χ3n) is 4.35. The van der Waals surface area contributed by atoms with Gasteiger partial charge < -0.3 is 10.1 Å². The third-order valence-corrected chi connectivity index (χ3v) is 7.62. The Morgan fingerprint density at radius 1 is 0.941 bits per heavy atom. The zero-order valence-corrected chi connectivity index (χ0v) is 22.1. The molecule has 4 aromatic rings. The predicted octanol–water partition coefficient (Wildman–Crippen LogP) is 7.63. The lowest BCUT2D eigenvalue weighted by Gasteiger charge is -2.07. The number of nitrogens with one attached hydrogen (secondary N) is 1. The molecule has 34 heavy (non-hydrogen) atoms. The summed E-state index contributed by atoms with van der Waals surface area (Å²) in [5.41, 5.74) is -1.57. The molecular weight excluding hydrogens is 668 g/mol. The van der Waals surface area contributed by atoms with E-state index in [0.717, 1.165) is 0 Å². The van der Waals surface area contributed by atoms with Crippen molar-refractivity contribution >= 4 is 100 Å². The van der Waals surface area contributed by atoms with Gasteiger partial charge in [-0.25, -0.2) is 13.8 Å². The molecule has 0 aliphatic heterocycles. The van der Waals surface area contributed by atoms with Crippen LogP contribution in [0, 0.1) is 34.3 Å². The van der Waals surface area contributed by atoms with Gasteiger partial charge >= 0.3 is 0 Å². The molecular formula is C20H4Br2Cl4F2N4O2. The molecule has 0 spiro atoms. The molecule has 0 saturated heterocycles. The number of aromatic hydroxyl groups is 1. The van der Waals surface area contributed by atoms with Crippen LogP contribution in [0.15, 0.2) is 25.9 Å². The first-order valence-corrected chi connectivity index (χ1v) is 11.6. The van der Waals surface area contributed by atoms with Gasteiger partial charge in [-0.2, -0.15) is 10.5 Å². The Hall–Kier alpha value is -2.18. The summed E-state index contributed by atoms with van der Waals surface area (Å²) in [6, 6.07) is 6.03. The van der Waals surface area contributed by atoms with Crippen molar-refractivity contribution in [2.45, 2.75) is 0 Å². The first-order chi connectivity index (χ1) is 15.9. The zero-order chi connectivity index (χ0) is 25.5. The van der Waals surface area contributed by atoms with E-state index in [-0.39, 0.29) is 56.5 Å². The van der Waals surface area contributed by atoms with Gasteiger partial charge in [0.15, 0.2) is 17.2 Å². The van der Waals surface area contributed by atoms with Gasteiger partial charge in [0.1, 0.15) is 34.1 Å². The molecule has 6 nitrogen and oxygen atoms in total. The molecule has 0 atom stereocenters. The van der Waals surface area contributed by atoms with E-state index in [1.165, 1.54) is 18.2 Å². The monoisotopic (exact) mass is 668 g/mol. The molecule has 2 heterocycles. The molecule has 2 aromatic heterocycles. The van der Waals surface area contributed by atoms with Crippen molar-refractivity contribution in [1.29, 1.82) is 10.5 Å². The molecule has 0 aliphatic carbocycles. The fraction of sp³-hybridized carbons (Fsp3) is 0. The van der Waals surface area contributed by atoms with Crippen molar-refractivity contribution in [2.24, 2.45) is 0 Å². The van der Waals surface area contributed by atoms with Crippen molar-refractivity contribution in [2.75, 3.05) is 0 Å². The molecule has 4 rings (SSSR count). The van der Waals surface area contributed by atoms with Crippen LogP contribution in [-0.2, 0) is 0 Å². The largest absolute Gasteiger partial charge is 0.506 e. The van der Waals surface area contributed by atoms with Gasteiger partial charge in [-0.15, -0.1) is 0 Å². The van der Waals surface area contributed by atoms with E-state index in [2.05, 4.69) is 41.8 Å². The van der Waals surface area contributed by atoms with E-state index < -0.39 is 28.5 Å². The van der Waals surface area contributed by atoms with E-state index in [0.29, 0.717) is 0 Å². The van der Waals surface area contributed by atoms with Gasteiger partial charge in [-0.1, -0.05) is 46.4 Å². The summed E-state index contributed by atoms with van der Waals surface area (Å²) in [6.45, 7) is 0. The minimum atomic E-state index is -0.856. The van der Waals surface area contributed by atoms with Gasteiger partial charge in [0, 0.05) is 10.8 Å². The highest BCUT2D eigenvalue weighted by atomic mass is 79.9. The molecule has 172 valence electrons. The Morgan fingerprint density at radius 2 is 1.47 bits per heavy atom. The van der Waals surface area contributed by atoms with Gasteiger partial charge in [-0.3, -0.25) is 4.79 Å². The summed E-state index contributed by atoms with van der Waals surface area (Å²) in [6.07, 6.45) is 0. The molecule has 0 amide bonds. The van der Waals surface area contributed by atoms with Crippen LogP contribution in [0.5, 0.6) is 5.75 Å². The van der Waals surface area contributed by atoms with Crippen LogP contribution < -0.4 is 5.56 Å². The second-order valence-corrected chi connectivity index (χ2v) is 9.42. The fourth-order valence-electron chi connectivity index (χ4n) is 2.76. The number of aromatic nitrogens is 2. The lowest BCUT2D eigenvalue weighted by atomic mass is 10.1. The van der Waals surface area contributed by atoms with Gasteiger partial charge in [0.25, 0.3) is 5.56 Å². The van der Waals surface area contributed by atoms with Crippen LogP contribution in [-0.4, -0.2) is 15.1 Å². The molecule has 0 saturated carbocycles. The highest BCUT2D eigenvalue weighted by Gasteiger charge is 2.19. The standard InChI is InChI=1S/C10HBrCl3FN2.C10H3BrClFN2O2/c11-6-5(12)1-3-7(13)4(2-16)10(14)17-9(3)8(6)15;11-6-5(12)1-3-8(7(6)13)15-10(17)4(2-14)9(3)16/h1H;1H,(H2,15,16,17). The summed E-state index contributed by atoms with van der Waals surface area (Å²) >= 11 is 29.1. The van der Waals surface area contributed by atoms with Crippen molar-refractivity contribution in [3.05, 3.63) is 74.4 Å². The summed E-state index contributed by atoms with van der Waals surface area (Å²) in [5.74, 6) is -2.05. The molecule has 0 aliphatic rings. The topological polar surface area (TPSA) is 114 Å². The molecule has 2 aromatic carbocycles. The van der Waals surface area contributed by atoms with Crippen LogP contribution in [0.1, 0.15) is 11.1 Å². The Balaban J connectivity index is 0.000000191. The van der Waals surface area contributed by atoms with E-state index in [4.69, 9.17) is 56.9 Å². The van der Waals surface area contributed by atoms with Crippen molar-refractivity contribution in [3.63, 3.8) is 0 Å². The van der Waals surface area contributed by atoms with Gasteiger partial charge in [0.2, 0.25) is 0 Å². The van der Waals surface area contributed by atoms with Crippen molar-refractivity contribution in [1.82, 2.24) is 9.97 Å². The molecule has 0 radical (unpaired) electrons. The van der Waals surface area contributed by atoms with E-state index in [9.17, 15) is 18.7 Å². The Bertz CT molecular complexity index is 1670. The van der Waals surface area contributed by atoms with Gasteiger partial charge in [-0.05, 0) is 44.0 Å². The second-order valence-electron chi connectivity index (χ2n) is 6.28. The summed E-state index contributed by atoms with van der Waals surface area (Å²) in [5, 5.41) is 27.5. The first kappa shape index (κ1) is 26.4. The molecule has 0 unspecified atom stereocenters. The van der Waals surface area contributed by atoms with E-state index >= 15 is 0 Å². The number of pyridine rings is 2. The summed E-state index contributed by atoms with van der Waals surface area (Å²) < 4.78 is 27.7. The minimum Gasteiger partial charge on any atom is -0.506 e. The van der Waals surface area contributed by atoms with Crippen LogP contribution in [0.25, 0.3) is 21.8 Å². The lowest BCUT2D eigenvalue weighted by Crippen LogP contribution is -2.11. The average Bonchev–Trinajstić information content (AvgIpc) is 2.79. The van der Waals surface area contributed by atoms with Crippen LogP contribution >= 0.6 is 78.3 Å². The quantitative estimate of drug-likeness (QED) is 0.147. The number of H-pyrrole nitrogens is 1. The summed E-state index contributed by atoms with van der Waals surface area (Å²) in [4.78, 5) is 17.4. The lowest BCUT2D eigenvalue weighted by molar-refractivity contribution is 0.478. The molecule has 14 heteroatoms. The second kappa shape index (κ2) is 10.2. The third kappa shape index (κ3) is 4.55. The molecule has 2 N–H and O–H groups in total.